The molecule has 1 atom stereocenters. The third-order valence-electron chi connectivity index (χ3n) is 1.87. The highest BCUT2D eigenvalue weighted by Crippen LogP contribution is 2.21. The summed E-state index contributed by atoms with van der Waals surface area (Å²) in [5.41, 5.74) is -0.0885. The maximum Gasteiger partial charge on any atom is 0.110 e. The molecule has 0 saturated carbocycles. The molecule has 1 unspecified atom stereocenters. The van der Waals surface area contributed by atoms with Gasteiger partial charge in [-0.15, -0.1) is 12.6 Å². The van der Waals surface area contributed by atoms with Gasteiger partial charge in [0, 0.05) is 13.0 Å². The minimum absolute atomic E-state index is 0.0885. The van der Waals surface area contributed by atoms with Crippen molar-refractivity contribution in [2.75, 3.05) is 26.8 Å². The third kappa shape index (κ3) is 10.5. The van der Waals surface area contributed by atoms with Gasteiger partial charge in [-0.05, 0) is 34.7 Å². The smallest absolute Gasteiger partial charge is 0.110 e. The van der Waals surface area contributed by atoms with Crippen LogP contribution in [0.2, 0.25) is 0 Å². The van der Waals surface area contributed by atoms with Crippen molar-refractivity contribution in [3.8, 4) is 0 Å². The minimum Gasteiger partial charge on any atom is -0.376 e. The van der Waals surface area contributed by atoms with Gasteiger partial charge in [0.15, 0.2) is 0 Å². The molecule has 0 rings (SSSR count). The Kier molecular flexibility index (Phi) is 6.84. The van der Waals surface area contributed by atoms with E-state index in [2.05, 4.69) is 17.9 Å². The first-order valence-corrected chi connectivity index (χ1v) is 5.86. The van der Waals surface area contributed by atoms with Crippen molar-refractivity contribution in [2.24, 2.45) is 0 Å². The lowest BCUT2D eigenvalue weighted by molar-refractivity contribution is -0.0367. The van der Waals surface area contributed by atoms with Crippen molar-refractivity contribution in [2.45, 2.75) is 44.6 Å². The average Bonchev–Trinajstić information content (AvgIpc) is 2.01. The van der Waals surface area contributed by atoms with Crippen molar-refractivity contribution >= 4 is 12.6 Å². The number of rotatable bonds is 7. The molecule has 15 heavy (non-hydrogen) atoms. The zero-order chi connectivity index (χ0) is 11.9. The number of nitrogens with one attached hydrogen (secondary N) is 1. The second kappa shape index (κ2) is 6.74. The van der Waals surface area contributed by atoms with Crippen LogP contribution in [0.3, 0.4) is 0 Å². The van der Waals surface area contributed by atoms with Gasteiger partial charge in [-0.25, -0.2) is 0 Å². The fourth-order valence-corrected chi connectivity index (χ4v) is 1.17. The van der Waals surface area contributed by atoms with Gasteiger partial charge in [-0.1, -0.05) is 0 Å². The van der Waals surface area contributed by atoms with Gasteiger partial charge in [-0.3, -0.25) is 0 Å². The van der Waals surface area contributed by atoms with Crippen LogP contribution in [0.15, 0.2) is 0 Å². The first-order valence-electron chi connectivity index (χ1n) is 5.42. The van der Waals surface area contributed by atoms with Crippen molar-refractivity contribution < 1.29 is 9.47 Å². The Balaban J connectivity index is 3.64. The first-order chi connectivity index (χ1) is 6.77. The van der Waals surface area contributed by atoms with E-state index in [-0.39, 0.29) is 5.60 Å². The fourth-order valence-electron chi connectivity index (χ4n) is 0.992. The summed E-state index contributed by atoms with van der Waals surface area (Å²) in [7, 11) is 1.90. The number of likely N-dealkylation sites (N-methyl/N-ethyl adjacent to an activating group) is 1. The van der Waals surface area contributed by atoms with Crippen LogP contribution in [-0.4, -0.2) is 37.3 Å². The van der Waals surface area contributed by atoms with E-state index in [9.17, 15) is 0 Å². The Labute approximate surface area is 99.3 Å². The van der Waals surface area contributed by atoms with E-state index in [0.29, 0.717) is 13.2 Å². The molecule has 0 spiro atoms. The maximum atomic E-state index is 5.63. The third-order valence-corrected chi connectivity index (χ3v) is 2.22. The standard InChI is InChI=1S/C11H25NO2S/c1-10(2,3)13-8-6-11(4,15)14-9-7-12-5/h12,15H,6-9H2,1-5H3. The quantitative estimate of drug-likeness (QED) is 0.402. The molecular weight excluding hydrogens is 210 g/mol. The average molecular weight is 235 g/mol. The molecule has 0 aromatic carbocycles. The molecule has 0 aliphatic heterocycles. The van der Waals surface area contributed by atoms with E-state index in [1.807, 2.05) is 34.7 Å². The molecule has 3 nitrogen and oxygen atoms in total. The molecule has 0 bridgehead atoms. The van der Waals surface area contributed by atoms with E-state index in [0.717, 1.165) is 13.0 Å². The van der Waals surface area contributed by atoms with Crippen molar-refractivity contribution in [3.63, 3.8) is 0 Å². The lowest BCUT2D eigenvalue weighted by Crippen LogP contribution is -2.29. The van der Waals surface area contributed by atoms with Crippen LogP contribution in [0.4, 0.5) is 0 Å². The number of thiol groups is 1. The lowest BCUT2D eigenvalue weighted by atomic mass is 10.2. The van der Waals surface area contributed by atoms with Gasteiger partial charge in [0.1, 0.15) is 4.93 Å². The minimum atomic E-state index is -0.401. The summed E-state index contributed by atoms with van der Waals surface area (Å²) in [6.07, 6.45) is 0.789. The Hall–Kier alpha value is 0.230. The van der Waals surface area contributed by atoms with Crippen LogP contribution in [0.1, 0.15) is 34.1 Å². The maximum absolute atomic E-state index is 5.63. The molecule has 1 N–H and O–H groups in total. The van der Waals surface area contributed by atoms with E-state index < -0.39 is 4.93 Å². The number of hydrogen-bond donors (Lipinski definition) is 2. The molecular formula is C11H25NO2S. The number of hydrogen-bond acceptors (Lipinski definition) is 4. The Morgan fingerprint density at radius 2 is 1.67 bits per heavy atom. The molecule has 0 heterocycles. The topological polar surface area (TPSA) is 30.5 Å². The van der Waals surface area contributed by atoms with Crippen LogP contribution in [0.5, 0.6) is 0 Å². The van der Waals surface area contributed by atoms with Gasteiger partial charge >= 0.3 is 0 Å². The monoisotopic (exact) mass is 235 g/mol. The highest BCUT2D eigenvalue weighted by Gasteiger charge is 2.20. The highest BCUT2D eigenvalue weighted by molar-refractivity contribution is 7.81. The predicted octanol–water partition coefficient (Wildman–Crippen LogP) is 2.07. The molecule has 0 aromatic rings. The summed E-state index contributed by atoms with van der Waals surface area (Å²) in [5, 5.41) is 3.03. The van der Waals surface area contributed by atoms with Gasteiger partial charge in [-0.2, -0.15) is 0 Å². The molecule has 92 valence electrons. The van der Waals surface area contributed by atoms with E-state index >= 15 is 0 Å². The van der Waals surface area contributed by atoms with Gasteiger partial charge in [0.05, 0.1) is 18.8 Å². The van der Waals surface area contributed by atoms with Crippen molar-refractivity contribution in [1.82, 2.24) is 5.32 Å². The number of ether oxygens (including phenoxy) is 2. The Morgan fingerprint density at radius 3 is 2.13 bits per heavy atom. The van der Waals surface area contributed by atoms with Crippen LogP contribution >= 0.6 is 12.6 Å². The Bertz CT molecular complexity index is 166. The zero-order valence-electron chi connectivity index (χ0n) is 10.6. The van der Waals surface area contributed by atoms with Crippen LogP contribution in [0, 0.1) is 0 Å². The molecule has 0 fully saturated rings. The van der Waals surface area contributed by atoms with Crippen molar-refractivity contribution in [1.29, 1.82) is 0 Å². The summed E-state index contributed by atoms with van der Waals surface area (Å²) in [6, 6.07) is 0. The summed E-state index contributed by atoms with van der Waals surface area (Å²) in [4.78, 5) is -0.401. The SMILES string of the molecule is CNCCOC(C)(S)CCOC(C)(C)C. The molecule has 0 amide bonds. The summed E-state index contributed by atoms with van der Waals surface area (Å²) in [5.74, 6) is 0. The van der Waals surface area contributed by atoms with Crippen LogP contribution in [0.25, 0.3) is 0 Å². The van der Waals surface area contributed by atoms with E-state index in [4.69, 9.17) is 9.47 Å². The van der Waals surface area contributed by atoms with Crippen LogP contribution in [-0.2, 0) is 9.47 Å². The predicted molar refractivity (Wildman–Crippen MR) is 67.6 cm³/mol. The summed E-state index contributed by atoms with van der Waals surface area (Å²) in [6.45, 7) is 10.3. The Morgan fingerprint density at radius 1 is 1.07 bits per heavy atom. The highest BCUT2D eigenvalue weighted by atomic mass is 32.1. The molecule has 0 aliphatic rings. The lowest BCUT2D eigenvalue weighted by Gasteiger charge is -2.27. The van der Waals surface area contributed by atoms with Gasteiger partial charge in [0.25, 0.3) is 0 Å². The van der Waals surface area contributed by atoms with Crippen LogP contribution < -0.4 is 5.32 Å². The van der Waals surface area contributed by atoms with E-state index in [1.54, 1.807) is 0 Å². The molecule has 0 radical (unpaired) electrons. The largest absolute Gasteiger partial charge is 0.376 e. The molecule has 0 aromatic heterocycles. The second-order valence-corrected chi connectivity index (χ2v) is 5.78. The van der Waals surface area contributed by atoms with Gasteiger partial charge < -0.3 is 14.8 Å². The zero-order valence-corrected chi connectivity index (χ0v) is 11.5. The van der Waals surface area contributed by atoms with E-state index in [1.165, 1.54) is 0 Å². The molecule has 0 aliphatic carbocycles. The second-order valence-electron chi connectivity index (χ2n) is 4.84. The van der Waals surface area contributed by atoms with Gasteiger partial charge in [0.2, 0.25) is 0 Å². The summed E-state index contributed by atoms with van der Waals surface area (Å²) >= 11 is 4.46. The molecule has 4 heteroatoms. The molecule has 0 saturated heterocycles. The fraction of sp³-hybridized carbons (Fsp3) is 1.00. The van der Waals surface area contributed by atoms with Crippen molar-refractivity contribution in [3.05, 3.63) is 0 Å². The summed E-state index contributed by atoms with van der Waals surface area (Å²) < 4.78 is 11.2. The normalized spacial score (nSPS) is 16.4. The first kappa shape index (κ1) is 15.2.